The van der Waals surface area contributed by atoms with Gasteiger partial charge in [-0.2, -0.15) is 13.2 Å². The van der Waals surface area contributed by atoms with E-state index in [4.69, 9.17) is 9.53 Å². The van der Waals surface area contributed by atoms with Crippen LogP contribution in [0, 0.1) is 0 Å². The Labute approximate surface area is 173 Å². The Bertz CT molecular complexity index is 887. The van der Waals surface area contributed by atoms with Crippen molar-refractivity contribution in [1.82, 2.24) is 9.80 Å². The molecular formula is C22H23F3N2O3. The van der Waals surface area contributed by atoms with Crippen molar-refractivity contribution >= 4 is 12.2 Å². The van der Waals surface area contributed by atoms with Crippen LogP contribution in [0.3, 0.4) is 0 Å². The second-order valence-corrected chi connectivity index (χ2v) is 7.26. The lowest BCUT2D eigenvalue weighted by atomic mass is 9.91. The van der Waals surface area contributed by atoms with Crippen LogP contribution in [-0.4, -0.2) is 61.0 Å². The summed E-state index contributed by atoms with van der Waals surface area (Å²) in [4.78, 5) is 26.0. The molecule has 0 aromatic heterocycles. The number of nitrogens with zero attached hydrogens (tertiary/aromatic N) is 2. The summed E-state index contributed by atoms with van der Waals surface area (Å²) in [6.45, 7) is 3.62. The highest BCUT2D eigenvalue weighted by Gasteiger charge is 2.36. The number of carbonyl (C=O) groups is 2. The molecule has 0 spiro atoms. The summed E-state index contributed by atoms with van der Waals surface area (Å²) in [6, 6.07) is 16.7. The summed E-state index contributed by atoms with van der Waals surface area (Å²) in [7, 11) is 1.64. The number of fused-ring (bicyclic) bond motifs is 2. The molecule has 4 rings (SSSR count). The predicted octanol–water partition coefficient (Wildman–Crippen LogP) is 3.33. The van der Waals surface area contributed by atoms with E-state index in [0.29, 0.717) is 0 Å². The molecule has 0 saturated carbocycles. The lowest BCUT2D eigenvalue weighted by Crippen LogP contribution is -2.57. The van der Waals surface area contributed by atoms with Gasteiger partial charge < -0.3 is 9.64 Å². The van der Waals surface area contributed by atoms with Crippen molar-refractivity contribution in [2.24, 2.45) is 0 Å². The molecule has 8 heteroatoms. The summed E-state index contributed by atoms with van der Waals surface area (Å²) in [5, 5.41) is 0. The quantitative estimate of drug-likeness (QED) is 0.715. The Hall–Kier alpha value is -2.87. The number of halogens is 3. The van der Waals surface area contributed by atoms with Crippen molar-refractivity contribution in [3.63, 3.8) is 0 Å². The third-order valence-corrected chi connectivity index (χ3v) is 5.21. The highest BCUT2D eigenvalue weighted by molar-refractivity contribution is 5.97. The molecule has 0 N–H and O–H groups in total. The van der Waals surface area contributed by atoms with Gasteiger partial charge in [-0.25, -0.2) is 0 Å². The van der Waals surface area contributed by atoms with Gasteiger partial charge in [0, 0.05) is 37.8 Å². The number of piperazine rings is 1. The molecule has 1 saturated heterocycles. The zero-order chi connectivity index (χ0) is 21.7. The Morgan fingerprint density at radius 1 is 1.13 bits per heavy atom. The van der Waals surface area contributed by atoms with E-state index in [-0.39, 0.29) is 11.9 Å². The van der Waals surface area contributed by atoms with Gasteiger partial charge in [0.15, 0.2) is 0 Å². The number of methoxy groups -OCH3 is 1. The fraction of sp³-hybridized carbons (Fsp3) is 0.364. The van der Waals surface area contributed by atoms with Gasteiger partial charge in [0.25, 0.3) is 5.91 Å². The van der Waals surface area contributed by atoms with E-state index in [1.54, 1.807) is 7.11 Å². The number of hydrogen-bond acceptors (Lipinski definition) is 4. The van der Waals surface area contributed by atoms with Crippen molar-refractivity contribution < 1.29 is 27.5 Å². The van der Waals surface area contributed by atoms with Crippen LogP contribution >= 0.6 is 0 Å². The minimum Gasteiger partial charge on any atom is -0.497 e. The number of hydrogen-bond donors (Lipinski definition) is 0. The van der Waals surface area contributed by atoms with Crippen LogP contribution in [0.1, 0.15) is 21.5 Å². The van der Waals surface area contributed by atoms with Crippen LogP contribution in [-0.2, 0) is 17.8 Å². The minimum absolute atomic E-state index is 0.152. The standard InChI is InChI=1S/C20H22N2O2.C2HF3O/c1-24-18-8-7-16-11-17-14-21(13-15-5-3-2-4-6-15)9-10-22(17)20(23)19(16)12-18;3-2(4,5)1-6/h2-8,12,17H,9-11,13-14H2,1H3;1H/t17-;/m1./s1. The Balaban J connectivity index is 0.000000377. The van der Waals surface area contributed by atoms with E-state index in [0.717, 1.165) is 49.5 Å². The average Bonchev–Trinajstić information content (AvgIpc) is 2.74. The number of carbonyl (C=O) groups excluding carboxylic acids is 2. The lowest BCUT2D eigenvalue weighted by Gasteiger charge is -2.44. The molecule has 1 fully saturated rings. The van der Waals surface area contributed by atoms with E-state index in [9.17, 15) is 18.0 Å². The zero-order valence-corrected chi connectivity index (χ0v) is 16.6. The summed E-state index contributed by atoms with van der Waals surface area (Å²) in [6.07, 6.45) is -4.77. The largest absolute Gasteiger partial charge is 0.497 e. The second kappa shape index (κ2) is 9.30. The fourth-order valence-electron chi connectivity index (χ4n) is 3.82. The van der Waals surface area contributed by atoms with Crippen LogP contribution in [0.5, 0.6) is 5.75 Å². The number of amides is 1. The molecule has 1 atom stereocenters. The van der Waals surface area contributed by atoms with Crippen LogP contribution in [0.25, 0.3) is 0 Å². The molecule has 30 heavy (non-hydrogen) atoms. The van der Waals surface area contributed by atoms with Gasteiger partial charge >= 0.3 is 6.18 Å². The molecule has 0 aliphatic carbocycles. The molecule has 2 aliphatic heterocycles. The predicted molar refractivity (Wildman–Crippen MR) is 105 cm³/mol. The molecule has 2 aromatic rings. The number of benzene rings is 2. The van der Waals surface area contributed by atoms with Crippen LogP contribution in [0.4, 0.5) is 13.2 Å². The smallest absolute Gasteiger partial charge is 0.446 e. The summed E-state index contributed by atoms with van der Waals surface area (Å²) in [5.74, 6) is 0.905. The molecule has 5 nitrogen and oxygen atoms in total. The summed E-state index contributed by atoms with van der Waals surface area (Å²) in [5.41, 5.74) is 3.28. The summed E-state index contributed by atoms with van der Waals surface area (Å²) >= 11 is 0. The number of ether oxygens (including phenoxy) is 1. The van der Waals surface area contributed by atoms with Crippen LogP contribution < -0.4 is 4.74 Å². The number of rotatable bonds is 3. The molecule has 1 amide bonds. The Kier molecular flexibility index (Phi) is 6.77. The Morgan fingerprint density at radius 3 is 2.47 bits per heavy atom. The van der Waals surface area contributed by atoms with Crippen LogP contribution in [0.15, 0.2) is 48.5 Å². The van der Waals surface area contributed by atoms with E-state index >= 15 is 0 Å². The highest BCUT2D eigenvalue weighted by atomic mass is 19.4. The van der Waals surface area contributed by atoms with E-state index in [1.807, 2.05) is 29.2 Å². The first-order valence-corrected chi connectivity index (χ1v) is 9.58. The van der Waals surface area contributed by atoms with Gasteiger partial charge in [0.1, 0.15) is 5.75 Å². The first-order chi connectivity index (χ1) is 14.3. The van der Waals surface area contributed by atoms with Gasteiger partial charge in [-0.3, -0.25) is 14.5 Å². The molecule has 2 aliphatic rings. The van der Waals surface area contributed by atoms with Gasteiger partial charge in [-0.05, 0) is 29.7 Å². The molecule has 0 unspecified atom stereocenters. The maximum atomic E-state index is 12.8. The number of alkyl halides is 3. The average molecular weight is 420 g/mol. The minimum atomic E-state index is -4.64. The first-order valence-electron chi connectivity index (χ1n) is 9.58. The SMILES string of the molecule is COc1ccc2c(c1)C(=O)N1CCN(Cc3ccccc3)C[C@H]1C2.O=CC(F)(F)F. The molecule has 0 bridgehead atoms. The van der Waals surface area contributed by atoms with Crippen LogP contribution in [0.2, 0.25) is 0 Å². The molecule has 2 aromatic carbocycles. The number of aldehydes is 1. The van der Waals surface area contributed by atoms with E-state index in [1.165, 1.54) is 5.56 Å². The molecule has 2 heterocycles. The topological polar surface area (TPSA) is 49.9 Å². The van der Waals surface area contributed by atoms with Gasteiger partial charge in [-0.15, -0.1) is 0 Å². The van der Waals surface area contributed by atoms with Crippen molar-refractivity contribution in [2.75, 3.05) is 26.7 Å². The van der Waals surface area contributed by atoms with E-state index in [2.05, 4.69) is 29.2 Å². The summed E-state index contributed by atoms with van der Waals surface area (Å²) < 4.78 is 36.5. The third kappa shape index (κ3) is 5.38. The molecular weight excluding hydrogens is 397 g/mol. The van der Waals surface area contributed by atoms with Gasteiger partial charge in [0.05, 0.1) is 7.11 Å². The monoisotopic (exact) mass is 420 g/mol. The maximum Gasteiger partial charge on any atom is 0.446 e. The zero-order valence-electron chi connectivity index (χ0n) is 16.6. The lowest BCUT2D eigenvalue weighted by molar-refractivity contribution is -0.156. The maximum absolute atomic E-state index is 12.8. The van der Waals surface area contributed by atoms with Gasteiger partial charge in [0.2, 0.25) is 6.29 Å². The van der Waals surface area contributed by atoms with Crippen molar-refractivity contribution in [3.8, 4) is 5.75 Å². The van der Waals surface area contributed by atoms with Crippen molar-refractivity contribution in [2.45, 2.75) is 25.2 Å². The normalized spacial score (nSPS) is 18.6. The second-order valence-electron chi connectivity index (χ2n) is 7.26. The molecule has 0 radical (unpaired) electrons. The highest BCUT2D eigenvalue weighted by Crippen LogP contribution is 2.29. The fourth-order valence-corrected chi connectivity index (χ4v) is 3.82. The third-order valence-electron chi connectivity index (χ3n) is 5.21. The van der Waals surface area contributed by atoms with Crippen molar-refractivity contribution in [3.05, 3.63) is 65.2 Å². The first kappa shape index (κ1) is 21.8. The van der Waals surface area contributed by atoms with Crippen molar-refractivity contribution in [1.29, 1.82) is 0 Å². The van der Waals surface area contributed by atoms with Gasteiger partial charge in [-0.1, -0.05) is 36.4 Å². The molecule has 160 valence electrons. The Morgan fingerprint density at radius 2 is 1.83 bits per heavy atom. The van der Waals surface area contributed by atoms with E-state index < -0.39 is 12.5 Å².